The normalized spacial score (nSPS) is 15.8. The highest BCUT2D eigenvalue weighted by molar-refractivity contribution is 9.10. The second-order valence-electron chi connectivity index (χ2n) is 6.41. The van der Waals surface area contributed by atoms with Crippen molar-refractivity contribution in [1.29, 1.82) is 0 Å². The molecule has 4 rings (SSSR count). The van der Waals surface area contributed by atoms with E-state index in [0.29, 0.717) is 14.7 Å². The summed E-state index contributed by atoms with van der Waals surface area (Å²) in [4.78, 5) is 19.4. The fraction of sp³-hybridized carbons (Fsp3) is 0.200. The molecule has 2 aromatic heterocycles. The number of H-pyrrole nitrogens is 1. The molecule has 26 heavy (non-hydrogen) atoms. The van der Waals surface area contributed by atoms with Gasteiger partial charge in [-0.15, -0.1) is 11.3 Å². The van der Waals surface area contributed by atoms with E-state index in [4.69, 9.17) is 0 Å². The van der Waals surface area contributed by atoms with Gasteiger partial charge >= 0.3 is 0 Å². The van der Waals surface area contributed by atoms with E-state index in [2.05, 4.69) is 38.7 Å². The molecule has 0 radical (unpaired) electrons. The number of aromatic hydroxyl groups is 1. The van der Waals surface area contributed by atoms with Crippen LogP contribution in [0.4, 0.5) is 0 Å². The third-order valence-electron chi connectivity index (χ3n) is 4.95. The van der Waals surface area contributed by atoms with Crippen molar-refractivity contribution in [3.8, 4) is 5.75 Å². The highest BCUT2D eigenvalue weighted by Crippen LogP contribution is 2.43. The van der Waals surface area contributed by atoms with Gasteiger partial charge < -0.3 is 10.1 Å². The monoisotopic (exact) mass is 428 g/mol. The number of aliphatic imine (C=N–C) groups is 1. The van der Waals surface area contributed by atoms with Gasteiger partial charge in [0.05, 0.1) is 11.6 Å². The summed E-state index contributed by atoms with van der Waals surface area (Å²) in [6, 6.07) is 3.70. The zero-order valence-electron chi connectivity index (χ0n) is 14.2. The Morgan fingerprint density at radius 2 is 2.19 bits per heavy atom. The number of fused-ring (bicyclic) bond motifs is 3. The molecule has 0 aliphatic heterocycles. The number of benzene rings is 1. The number of pyridine rings is 1. The molecule has 0 bridgehead atoms. The molecule has 3 aromatic rings. The molecule has 2 N–H and O–H groups in total. The molecule has 1 aliphatic carbocycles. The highest BCUT2D eigenvalue weighted by Gasteiger charge is 2.21. The van der Waals surface area contributed by atoms with Crippen LogP contribution in [0.1, 0.15) is 25.3 Å². The first-order valence-electron chi connectivity index (χ1n) is 8.31. The van der Waals surface area contributed by atoms with Crippen LogP contribution in [0.25, 0.3) is 26.6 Å². The summed E-state index contributed by atoms with van der Waals surface area (Å²) in [5, 5.41) is 14.4. The van der Waals surface area contributed by atoms with Crippen LogP contribution in [-0.4, -0.2) is 22.8 Å². The van der Waals surface area contributed by atoms with Gasteiger partial charge in [0, 0.05) is 20.8 Å². The Labute approximate surface area is 162 Å². The van der Waals surface area contributed by atoms with Gasteiger partial charge in [0.1, 0.15) is 10.4 Å². The topological polar surface area (TPSA) is 65.5 Å². The van der Waals surface area contributed by atoms with E-state index in [9.17, 15) is 9.90 Å². The molecule has 1 unspecified atom stereocenters. The number of aromatic amines is 1. The summed E-state index contributed by atoms with van der Waals surface area (Å²) in [5.74, 6) is 0.210. The van der Waals surface area contributed by atoms with Crippen LogP contribution in [0.5, 0.6) is 5.75 Å². The lowest BCUT2D eigenvalue weighted by Crippen LogP contribution is -2.07. The first kappa shape index (κ1) is 17.2. The Morgan fingerprint density at radius 1 is 1.38 bits per heavy atom. The van der Waals surface area contributed by atoms with Gasteiger partial charge in [0.25, 0.3) is 5.56 Å². The van der Waals surface area contributed by atoms with Crippen molar-refractivity contribution in [2.75, 3.05) is 0 Å². The molecule has 0 spiro atoms. The standard InChI is InChI=1S/C20H17BrN2O2S/c1-10(22-2)11-3-5-12(6-4-11)16-15(24)9-14(21)18-17(16)13-7-8-26-19(13)20(25)23-18/h3,5,7-10,24H,2,4,6H2,1H3,(H,23,25). The minimum absolute atomic E-state index is 0.1000. The van der Waals surface area contributed by atoms with Crippen molar-refractivity contribution in [1.82, 2.24) is 4.98 Å². The van der Waals surface area contributed by atoms with Crippen LogP contribution >= 0.6 is 27.3 Å². The molecule has 132 valence electrons. The maximum Gasteiger partial charge on any atom is 0.266 e. The summed E-state index contributed by atoms with van der Waals surface area (Å²) >= 11 is 4.89. The molecule has 1 aliphatic rings. The molecular weight excluding hydrogens is 412 g/mol. The van der Waals surface area contributed by atoms with Crippen molar-refractivity contribution in [2.45, 2.75) is 25.8 Å². The van der Waals surface area contributed by atoms with E-state index in [-0.39, 0.29) is 17.4 Å². The minimum atomic E-state index is -0.106. The lowest BCUT2D eigenvalue weighted by Gasteiger charge is -2.20. The number of nitrogens with one attached hydrogen (secondary N) is 1. The van der Waals surface area contributed by atoms with Crippen LogP contribution in [0.15, 0.2) is 49.5 Å². The highest BCUT2D eigenvalue weighted by atomic mass is 79.9. The molecule has 1 atom stereocenters. The van der Waals surface area contributed by atoms with Gasteiger partial charge in [-0.1, -0.05) is 12.2 Å². The Kier molecular flexibility index (Phi) is 4.32. The molecule has 2 heterocycles. The number of phenolic OH excluding ortho intramolecular Hbond substituents is 1. The molecule has 0 amide bonds. The van der Waals surface area contributed by atoms with Crippen molar-refractivity contribution in [2.24, 2.45) is 4.99 Å². The van der Waals surface area contributed by atoms with Gasteiger partial charge in [-0.05, 0) is 71.1 Å². The Hall–Kier alpha value is -2.18. The van der Waals surface area contributed by atoms with Crippen molar-refractivity contribution < 1.29 is 5.11 Å². The number of rotatable bonds is 3. The van der Waals surface area contributed by atoms with Gasteiger partial charge in [-0.3, -0.25) is 9.79 Å². The number of allylic oxidation sites excluding steroid dienone is 3. The maximum absolute atomic E-state index is 12.4. The maximum atomic E-state index is 12.4. The number of halogens is 1. The summed E-state index contributed by atoms with van der Waals surface area (Å²) < 4.78 is 1.35. The predicted octanol–water partition coefficient (Wildman–Crippen LogP) is 5.40. The number of hydrogen-bond donors (Lipinski definition) is 2. The van der Waals surface area contributed by atoms with Crippen LogP contribution in [0, 0.1) is 0 Å². The van der Waals surface area contributed by atoms with Crippen LogP contribution in [-0.2, 0) is 0 Å². The molecule has 0 saturated heterocycles. The second-order valence-corrected chi connectivity index (χ2v) is 8.18. The largest absolute Gasteiger partial charge is 0.507 e. The van der Waals surface area contributed by atoms with Crippen LogP contribution < -0.4 is 5.56 Å². The fourth-order valence-electron chi connectivity index (χ4n) is 3.53. The number of hydrogen-bond acceptors (Lipinski definition) is 4. The van der Waals surface area contributed by atoms with Crippen LogP contribution in [0.2, 0.25) is 0 Å². The van der Waals surface area contributed by atoms with Crippen molar-refractivity contribution >= 4 is 60.5 Å². The summed E-state index contributed by atoms with van der Waals surface area (Å²) in [6.45, 7) is 5.66. The van der Waals surface area contributed by atoms with Crippen molar-refractivity contribution in [3.63, 3.8) is 0 Å². The van der Waals surface area contributed by atoms with Gasteiger partial charge in [-0.2, -0.15) is 0 Å². The first-order valence-corrected chi connectivity index (χ1v) is 9.99. The molecule has 4 nitrogen and oxygen atoms in total. The van der Waals surface area contributed by atoms with E-state index in [0.717, 1.165) is 34.8 Å². The van der Waals surface area contributed by atoms with Gasteiger partial charge in [0.15, 0.2) is 0 Å². The lowest BCUT2D eigenvalue weighted by atomic mass is 9.88. The Bertz CT molecular complexity index is 1170. The number of aromatic nitrogens is 1. The average Bonchev–Trinajstić information content (AvgIpc) is 3.13. The number of phenols is 1. The SMILES string of the molecule is C=NC(C)C1=CC=C(c2c(O)cc(Br)c3[nH]c(=O)c4sccc4c23)CC1. The zero-order valence-corrected chi connectivity index (χ0v) is 16.6. The smallest absolute Gasteiger partial charge is 0.266 e. The molecule has 1 aromatic carbocycles. The van der Waals surface area contributed by atoms with E-state index in [1.54, 1.807) is 6.07 Å². The quantitative estimate of drug-likeness (QED) is 0.548. The predicted molar refractivity (Wildman–Crippen MR) is 114 cm³/mol. The van der Waals surface area contributed by atoms with E-state index >= 15 is 0 Å². The van der Waals surface area contributed by atoms with Gasteiger partial charge in [-0.25, -0.2) is 0 Å². The zero-order chi connectivity index (χ0) is 18.4. The fourth-order valence-corrected chi connectivity index (χ4v) is 4.84. The molecule has 6 heteroatoms. The average molecular weight is 429 g/mol. The number of thiophene rings is 1. The van der Waals surface area contributed by atoms with E-state index in [1.807, 2.05) is 24.4 Å². The van der Waals surface area contributed by atoms with Gasteiger partial charge in [0.2, 0.25) is 0 Å². The van der Waals surface area contributed by atoms with E-state index in [1.165, 1.54) is 16.9 Å². The summed E-state index contributed by atoms with van der Waals surface area (Å²) in [7, 11) is 0. The molecular formula is C20H17BrN2O2S. The minimum Gasteiger partial charge on any atom is -0.507 e. The molecule has 0 saturated carbocycles. The second kappa shape index (κ2) is 6.52. The Morgan fingerprint density at radius 3 is 2.88 bits per heavy atom. The third-order valence-corrected chi connectivity index (χ3v) is 6.49. The summed E-state index contributed by atoms with van der Waals surface area (Å²) in [5.41, 5.74) is 3.69. The molecule has 0 fully saturated rings. The van der Waals surface area contributed by atoms with Crippen molar-refractivity contribution in [3.05, 3.63) is 55.6 Å². The lowest BCUT2D eigenvalue weighted by molar-refractivity contribution is 0.474. The third kappa shape index (κ3) is 2.64. The first-order chi connectivity index (χ1) is 12.5. The Balaban J connectivity index is 2.03. The summed E-state index contributed by atoms with van der Waals surface area (Å²) in [6.07, 6.45) is 5.80. The van der Waals surface area contributed by atoms with Crippen LogP contribution in [0.3, 0.4) is 0 Å². The number of nitrogens with zero attached hydrogens (tertiary/aromatic N) is 1. The van der Waals surface area contributed by atoms with E-state index < -0.39 is 0 Å².